The van der Waals surface area contributed by atoms with Gasteiger partial charge in [-0.2, -0.15) is 0 Å². The van der Waals surface area contributed by atoms with Gasteiger partial charge in [0.05, 0.1) is 0 Å². The zero-order chi connectivity index (χ0) is 10.2. The van der Waals surface area contributed by atoms with E-state index in [9.17, 15) is 0 Å². The van der Waals surface area contributed by atoms with E-state index in [4.69, 9.17) is 0 Å². The standard InChI is InChI=1S/C12H26N2/c1-3-7-13-9-5-11-14(8-4-2)12-6-10-13/h3-12H2,1-2H3. The van der Waals surface area contributed by atoms with E-state index in [1.165, 1.54) is 65.0 Å². The topological polar surface area (TPSA) is 6.48 Å². The summed E-state index contributed by atoms with van der Waals surface area (Å²) in [6, 6.07) is 0. The van der Waals surface area contributed by atoms with Crippen LogP contribution in [0.1, 0.15) is 39.5 Å². The molecule has 1 fully saturated rings. The summed E-state index contributed by atoms with van der Waals surface area (Å²) in [5.74, 6) is 0. The Kier molecular flexibility index (Phi) is 6.20. The molecule has 14 heavy (non-hydrogen) atoms. The van der Waals surface area contributed by atoms with Gasteiger partial charge in [-0.25, -0.2) is 0 Å². The van der Waals surface area contributed by atoms with E-state index in [0.717, 1.165) is 0 Å². The lowest BCUT2D eigenvalue weighted by molar-refractivity contribution is 0.182. The minimum atomic E-state index is 1.30. The molecule has 0 atom stereocenters. The van der Waals surface area contributed by atoms with Gasteiger partial charge in [-0.3, -0.25) is 0 Å². The molecule has 1 saturated heterocycles. The molecular weight excluding hydrogens is 172 g/mol. The predicted octanol–water partition coefficient (Wildman–Crippen LogP) is 2.20. The Morgan fingerprint density at radius 2 is 1.07 bits per heavy atom. The molecule has 0 bridgehead atoms. The molecule has 0 aromatic heterocycles. The van der Waals surface area contributed by atoms with Crippen LogP contribution in [0.5, 0.6) is 0 Å². The first-order chi connectivity index (χ1) is 6.86. The zero-order valence-corrected chi connectivity index (χ0v) is 9.97. The van der Waals surface area contributed by atoms with Crippen molar-refractivity contribution < 1.29 is 0 Å². The van der Waals surface area contributed by atoms with Gasteiger partial charge in [-0.1, -0.05) is 13.8 Å². The predicted molar refractivity (Wildman–Crippen MR) is 62.7 cm³/mol. The zero-order valence-electron chi connectivity index (χ0n) is 9.97. The van der Waals surface area contributed by atoms with Crippen LogP contribution in [0.3, 0.4) is 0 Å². The highest BCUT2D eigenvalue weighted by Crippen LogP contribution is 2.05. The molecule has 0 amide bonds. The smallest absolute Gasteiger partial charge is 0.000654 e. The maximum atomic E-state index is 2.63. The quantitative estimate of drug-likeness (QED) is 0.683. The highest BCUT2D eigenvalue weighted by atomic mass is 15.2. The van der Waals surface area contributed by atoms with E-state index >= 15 is 0 Å². The second-order valence-corrected chi connectivity index (χ2v) is 4.39. The van der Waals surface area contributed by atoms with Crippen molar-refractivity contribution in [2.45, 2.75) is 39.5 Å². The van der Waals surface area contributed by atoms with Gasteiger partial charge < -0.3 is 9.80 Å². The molecule has 1 heterocycles. The molecule has 0 radical (unpaired) electrons. The second-order valence-electron chi connectivity index (χ2n) is 4.39. The average Bonchev–Trinajstić information content (AvgIpc) is 2.13. The molecule has 0 aromatic rings. The molecule has 1 aliphatic rings. The van der Waals surface area contributed by atoms with E-state index < -0.39 is 0 Å². The van der Waals surface area contributed by atoms with Crippen LogP contribution in [0.25, 0.3) is 0 Å². The van der Waals surface area contributed by atoms with Crippen LogP contribution in [0, 0.1) is 0 Å². The molecule has 0 saturated carbocycles. The summed E-state index contributed by atoms with van der Waals surface area (Å²) in [5, 5.41) is 0. The Morgan fingerprint density at radius 3 is 1.36 bits per heavy atom. The van der Waals surface area contributed by atoms with Gasteiger partial charge in [0.1, 0.15) is 0 Å². The highest BCUT2D eigenvalue weighted by molar-refractivity contribution is 4.66. The first kappa shape index (κ1) is 12.0. The molecule has 0 aliphatic carbocycles. The minimum absolute atomic E-state index is 1.30. The Hall–Kier alpha value is -0.0800. The van der Waals surface area contributed by atoms with Gasteiger partial charge >= 0.3 is 0 Å². The fourth-order valence-corrected chi connectivity index (χ4v) is 2.34. The fourth-order valence-electron chi connectivity index (χ4n) is 2.34. The lowest BCUT2D eigenvalue weighted by atomic mass is 10.2. The summed E-state index contributed by atoms with van der Waals surface area (Å²) in [5.41, 5.74) is 0. The maximum Gasteiger partial charge on any atom is -0.000654 e. The van der Waals surface area contributed by atoms with Crippen molar-refractivity contribution in [3.05, 3.63) is 0 Å². The molecule has 2 heteroatoms. The number of hydrogen-bond donors (Lipinski definition) is 0. The Labute approximate surface area is 89.3 Å². The second kappa shape index (κ2) is 7.24. The van der Waals surface area contributed by atoms with Crippen LogP contribution >= 0.6 is 0 Å². The lowest BCUT2D eigenvalue weighted by Crippen LogP contribution is -2.37. The monoisotopic (exact) mass is 198 g/mol. The first-order valence-corrected chi connectivity index (χ1v) is 6.31. The lowest BCUT2D eigenvalue weighted by Gasteiger charge is -2.29. The number of hydrogen-bond acceptors (Lipinski definition) is 2. The Bertz CT molecular complexity index is 112. The van der Waals surface area contributed by atoms with Crippen LogP contribution in [0.15, 0.2) is 0 Å². The number of nitrogens with zero attached hydrogens (tertiary/aromatic N) is 2. The molecule has 0 N–H and O–H groups in total. The molecular formula is C12H26N2. The molecule has 0 spiro atoms. The van der Waals surface area contributed by atoms with Gasteiger partial charge in [0.25, 0.3) is 0 Å². The normalized spacial score (nSPS) is 21.9. The van der Waals surface area contributed by atoms with Crippen molar-refractivity contribution >= 4 is 0 Å². The van der Waals surface area contributed by atoms with Crippen LogP contribution in [-0.4, -0.2) is 49.1 Å². The van der Waals surface area contributed by atoms with E-state index in [2.05, 4.69) is 23.6 Å². The summed E-state index contributed by atoms with van der Waals surface area (Å²) in [6.07, 6.45) is 5.33. The van der Waals surface area contributed by atoms with E-state index in [0.29, 0.717) is 0 Å². The molecule has 1 rings (SSSR count). The van der Waals surface area contributed by atoms with Crippen LogP contribution < -0.4 is 0 Å². The third kappa shape index (κ3) is 4.43. The van der Waals surface area contributed by atoms with E-state index in [1.54, 1.807) is 0 Å². The molecule has 1 aliphatic heterocycles. The Balaban J connectivity index is 2.20. The fraction of sp³-hybridized carbons (Fsp3) is 1.00. The van der Waals surface area contributed by atoms with Crippen molar-refractivity contribution in [3.63, 3.8) is 0 Å². The van der Waals surface area contributed by atoms with Crippen molar-refractivity contribution in [3.8, 4) is 0 Å². The van der Waals surface area contributed by atoms with Gasteiger partial charge in [-0.05, 0) is 65.0 Å². The summed E-state index contributed by atoms with van der Waals surface area (Å²) >= 11 is 0. The average molecular weight is 198 g/mol. The maximum absolute atomic E-state index is 2.63. The molecule has 2 nitrogen and oxygen atoms in total. The minimum Gasteiger partial charge on any atom is -0.303 e. The van der Waals surface area contributed by atoms with Crippen LogP contribution in [0.4, 0.5) is 0 Å². The molecule has 84 valence electrons. The Morgan fingerprint density at radius 1 is 0.714 bits per heavy atom. The van der Waals surface area contributed by atoms with E-state index in [-0.39, 0.29) is 0 Å². The third-order valence-electron chi connectivity index (χ3n) is 2.98. The van der Waals surface area contributed by atoms with Crippen LogP contribution in [0.2, 0.25) is 0 Å². The van der Waals surface area contributed by atoms with Gasteiger partial charge in [-0.15, -0.1) is 0 Å². The highest BCUT2D eigenvalue weighted by Gasteiger charge is 2.10. The summed E-state index contributed by atoms with van der Waals surface area (Å²) < 4.78 is 0. The summed E-state index contributed by atoms with van der Waals surface area (Å²) in [4.78, 5) is 5.26. The van der Waals surface area contributed by atoms with Gasteiger partial charge in [0.15, 0.2) is 0 Å². The van der Waals surface area contributed by atoms with Gasteiger partial charge in [0, 0.05) is 0 Å². The largest absolute Gasteiger partial charge is 0.303 e. The van der Waals surface area contributed by atoms with Crippen molar-refractivity contribution in [1.82, 2.24) is 9.80 Å². The number of rotatable bonds is 4. The van der Waals surface area contributed by atoms with Crippen molar-refractivity contribution in [2.24, 2.45) is 0 Å². The van der Waals surface area contributed by atoms with Crippen LogP contribution in [-0.2, 0) is 0 Å². The van der Waals surface area contributed by atoms with Gasteiger partial charge in [0.2, 0.25) is 0 Å². The molecule has 0 unspecified atom stereocenters. The molecule has 0 aromatic carbocycles. The van der Waals surface area contributed by atoms with Crippen molar-refractivity contribution in [1.29, 1.82) is 0 Å². The summed E-state index contributed by atoms with van der Waals surface area (Å²) in [7, 11) is 0. The first-order valence-electron chi connectivity index (χ1n) is 6.31. The van der Waals surface area contributed by atoms with Crippen molar-refractivity contribution in [2.75, 3.05) is 39.3 Å². The third-order valence-corrected chi connectivity index (χ3v) is 2.98. The SMILES string of the molecule is CCCN1CCCN(CCC)CCC1. The van der Waals surface area contributed by atoms with E-state index in [1.807, 2.05) is 0 Å². The summed E-state index contributed by atoms with van der Waals surface area (Å²) in [6.45, 7) is 12.4.